The highest BCUT2D eigenvalue weighted by atomic mass is 19.3. The molecule has 146 valence electrons. The standard InChI is InChI=1S/C20H18F4N4/c21-14-6-5-13(16(22)11-14)12-25-19-26-17-4-2-1-3-15(17)18(27-19)28-9-7-20(23,24)8-10-28/h1-6,11H,7-10,12H2,(H,25,26,27). The van der Waals surface area contributed by atoms with Crippen molar-refractivity contribution in [2.45, 2.75) is 25.3 Å². The van der Waals surface area contributed by atoms with Gasteiger partial charge >= 0.3 is 0 Å². The zero-order valence-electron chi connectivity index (χ0n) is 14.9. The molecule has 8 heteroatoms. The summed E-state index contributed by atoms with van der Waals surface area (Å²) in [6, 6.07) is 10.7. The summed E-state index contributed by atoms with van der Waals surface area (Å²) in [4.78, 5) is 10.7. The Morgan fingerprint density at radius 3 is 2.50 bits per heavy atom. The summed E-state index contributed by atoms with van der Waals surface area (Å²) in [5, 5.41) is 3.72. The Balaban J connectivity index is 1.62. The summed E-state index contributed by atoms with van der Waals surface area (Å²) in [6.07, 6.45) is -0.455. The Morgan fingerprint density at radius 1 is 1.00 bits per heavy atom. The highest BCUT2D eigenvalue weighted by molar-refractivity contribution is 5.90. The number of hydrogen-bond acceptors (Lipinski definition) is 4. The van der Waals surface area contributed by atoms with Crippen LogP contribution >= 0.6 is 0 Å². The van der Waals surface area contributed by atoms with Crippen LogP contribution < -0.4 is 10.2 Å². The number of rotatable bonds is 4. The van der Waals surface area contributed by atoms with Crippen molar-refractivity contribution in [3.63, 3.8) is 0 Å². The Bertz CT molecular complexity index is 999. The van der Waals surface area contributed by atoms with Crippen LogP contribution in [0.2, 0.25) is 0 Å². The van der Waals surface area contributed by atoms with Gasteiger partial charge in [-0.25, -0.2) is 22.5 Å². The molecule has 0 spiro atoms. The van der Waals surface area contributed by atoms with E-state index in [1.807, 2.05) is 29.2 Å². The van der Waals surface area contributed by atoms with Gasteiger partial charge < -0.3 is 10.2 Å². The van der Waals surface area contributed by atoms with E-state index < -0.39 is 17.6 Å². The third kappa shape index (κ3) is 3.85. The van der Waals surface area contributed by atoms with Crippen molar-refractivity contribution in [1.82, 2.24) is 9.97 Å². The van der Waals surface area contributed by atoms with Crippen LogP contribution in [0.25, 0.3) is 10.9 Å². The van der Waals surface area contributed by atoms with Gasteiger partial charge in [0.1, 0.15) is 17.5 Å². The maximum Gasteiger partial charge on any atom is 0.251 e. The van der Waals surface area contributed by atoms with Gasteiger partial charge in [0.05, 0.1) is 5.52 Å². The van der Waals surface area contributed by atoms with Gasteiger partial charge in [0, 0.05) is 49.5 Å². The van der Waals surface area contributed by atoms with Crippen molar-refractivity contribution in [1.29, 1.82) is 0 Å². The minimum atomic E-state index is -2.65. The molecule has 1 saturated heterocycles. The Hall–Kier alpha value is -2.90. The second-order valence-corrected chi connectivity index (χ2v) is 6.82. The molecular weight excluding hydrogens is 372 g/mol. The average molecular weight is 390 g/mol. The molecule has 1 fully saturated rings. The third-order valence-corrected chi connectivity index (χ3v) is 4.83. The number of hydrogen-bond donors (Lipinski definition) is 1. The number of fused-ring (bicyclic) bond motifs is 1. The van der Waals surface area contributed by atoms with Crippen LogP contribution in [0, 0.1) is 11.6 Å². The molecular formula is C20H18F4N4. The SMILES string of the molecule is Fc1ccc(CNc2nc(N3CCC(F)(F)CC3)c3ccccc3n2)c(F)c1. The van der Waals surface area contributed by atoms with E-state index >= 15 is 0 Å². The van der Waals surface area contributed by atoms with Crippen molar-refractivity contribution in [2.24, 2.45) is 0 Å². The van der Waals surface area contributed by atoms with Crippen LogP contribution in [-0.2, 0) is 6.54 Å². The number of halogens is 4. The molecule has 0 unspecified atom stereocenters. The molecule has 3 aromatic rings. The van der Waals surface area contributed by atoms with E-state index in [0.29, 0.717) is 11.3 Å². The molecule has 1 N–H and O–H groups in total. The topological polar surface area (TPSA) is 41.1 Å². The zero-order valence-corrected chi connectivity index (χ0v) is 14.9. The van der Waals surface area contributed by atoms with E-state index in [4.69, 9.17) is 0 Å². The molecule has 4 rings (SSSR count). The maximum absolute atomic E-state index is 13.8. The fourth-order valence-electron chi connectivity index (χ4n) is 3.26. The number of anilines is 2. The van der Waals surface area contributed by atoms with Crippen LogP contribution in [0.3, 0.4) is 0 Å². The number of benzene rings is 2. The second-order valence-electron chi connectivity index (χ2n) is 6.82. The van der Waals surface area contributed by atoms with Gasteiger partial charge in [-0.15, -0.1) is 0 Å². The lowest BCUT2D eigenvalue weighted by Gasteiger charge is -2.33. The zero-order chi connectivity index (χ0) is 19.7. The van der Waals surface area contributed by atoms with Gasteiger partial charge in [-0.3, -0.25) is 0 Å². The van der Waals surface area contributed by atoms with Crippen LogP contribution in [0.5, 0.6) is 0 Å². The van der Waals surface area contributed by atoms with Crippen LogP contribution in [0.15, 0.2) is 42.5 Å². The molecule has 1 aromatic heterocycles. The molecule has 2 aromatic carbocycles. The summed E-state index contributed by atoms with van der Waals surface area (Å²) in [5.41, 5.74) is 0.934. The molecule has 0 amide bonds. The molecule has 1 aliphatic heterocycles. The molecule has 0 atom stereocenters. The fraction of sp³-hybridized carbons (Fsp3) is 0.300. The third-order valence-electron chi connectivity index (χ3n) is 4.83. The van der Waals surface area contributed by atoms with Gasteiger partial charge in [-0.2, -0.15) is 4.98 Å². The lowest BCUT2D eigenvalue weighted by molar-refractivity contribution is -0.0221. The minimum Gasteiger partial charge on any atom is -0.355 e. The fourth-order valence-corrected chi connectivity index (χ4v) is 3.26. The van der Waals surface area contributed by atoms with Gasteiger partial charge in [0.25, 0.3) is 5.92 Å². The van der Waals surface area contributed by atoms with Gasteiger partial charge in [-0.1, -0.05) is 18.2 Å². The quantitative estimate of drug-likeness (QED) is 0.653. The van der Waals surface area contributed by atoms with E-state index in [9.17, 15) is 17.6 Å². The van der Waals surface area contributed by atoms with Gasteiger partial charge in [-0.05, 0) is 18.2 Å². The maximum atomic E-state index is 13.8. The number of alkyl halides is 2. The van der Waals surface area contributed by atoms with Gasteiger partial charge in [0.2, 0.25) is 5.95 Å². The predicted molar refractivity (Wildman–Crippen MR) is 99.6 cm³/mol. The Morgan fingerprint density at radius 2 is 1.75 bits per heavy atom. The molecule has 0 aliphatic carbocycles. The largest absolute Gasteiger partial charge is 0.355 e. The van der Waals surface area contributed by atoms with E-state index in [2.05, 4.69) is 15.3 Å². The highest BCUT2D eigenvalue weighted by Gasteiger charge is 2.35. The molecule has 2 heterocycles. The monoisotopic (exact) mass is 390 g/mol. The summed E-state index contributed by atoms with van der Waals surface area (Å²) in [5.74, 6) is -3.13. The molecule has 28 heavy (non-hydrogen) atoms. The summed E-state index contributed by atoms with van der Waals surface area (Å²) >= 11 is 0. The molecule has 0 bridgehead atoms. The van der Waals surface area contributed by atoms with E-state index in [0.717, 1.165) is 11.5 Å². The first-order valence-corrected chi connectivity index (χ1v) is 8.99. The predicted octanol–water partition coefficient (Wildman–Crippen LogP) is 4.76. The Kier molecular flexibility index (Phi) is 4.78. The van der Waals surface area contributed by atoms with Crippen molar-refractivity contribution < 1.29 is 17.6 Å². The molecule has 1 aliphatic rings. The number of aromatic nitrogens is 2. The highest BCUT2D eigenvalue weighted by Crippen LogP contribution is 2.33. The van der Waals surface area contributed by atoms with Crippen molar-refractivity contribution in [3.8, 4) is 0 Å². The van der Waals surface area contributed by atoms with Crippen LogP contribution in [0.4, 0.5) is 29.3 Å². The molecule has 0 radical (unpaired) electrons. The van der Waals surface area contributed by atoms with E-state index in [1.165, 1.54) is 12.1 Å². The van der Waals surface area contributed by atoms with Gasteiger partial charge in [0.15, 0.2) is 0 Å². The summed E-state index contributed by atoms with van der Waals surface area (Å²) in [7, 11) is 0. The first-order valence-electron chi connectivity index (χ1n) is 8.99. The minimum absolute atomic E-state index is 0.0714. The first-order chi connectivity index (χ1) is 13.4. The second kappa shape index (κ2) is 7.26. The lowest BCUT2D eigenvalue weighted by atomic mass is 10.1. The van der Waals surface area contributed by atoms with Crippen LogP contribution in [0.1, 0.15) is 18.4 Å². The average Bonchev–Trinajstić information content (AvgIpc) is 2.67. The smallest absolute Gasteiger partial charge is 0.251 e. The van der Waals surface area contributed by atoms with Crippen molar-refractivity contribution in [2.75, 3.05) is 23.3 Å². The normalized spacial score (nSPS) is 16.4. The summed E-state index contributed by atoms with van der Waals surface area (Å²) < 4.78 is 54.0. The number of nitrogens with zero attached hydrogens (tertiary/aromatic N) is 3. The van der Waals surface area contributed by atoms with Crippen LogP contribution in [-0.4, -0.2) is 29.0 Å². The summed E-state index contributed by atoms with van der Waals surface area (Å²) in [6.45, 7) is 0.460. The molecule has 0 saturated carbocycles. The number of para-hydroxylation sites is 1. The lowest BCUT2D eigenvalue weighted by Crippen LogP contribution is -2.40. The van der Waals surface area contributed by atoms with E-state index in [1.54, 1.807) is 0 Å². The van der Waals surface area contributed by atoms with Crippen molar-refractivity contribution in [3.05, 3.63) is 59.7 Å². The van der Waals surface area contributed by atoms with E-state index in [-0.39, 0.29) is 44.0 Å². The number of piperidine rings is 1. The molecule has 4 nitrogen and oxygen atoms in total. The first kappa shape index (κ1) is 18.5. The Labute approximate surface area is 159 Å². The number of nitrogens with one attached hydrogen (secondary N) is 1. The van der Waals surface area contributed by atoms with Crippen molar-refractivity contribution >= 4 is 22.7 Å².